The summed E-state index contributed by atoms with van der Waals surface area (Å²) in [6.07, 6.45) is 0. The molecule has 2 rings (SSSR count). The Morgan fingerprint density at radius 1 is 1.00 bits per heavy atom. The third-order valence-corrected chi connectivity index (χ3v) is 3.94. The lowest BCUT2D eigenvalue weighted by Crippen LogP contribution is -2.12. The molecule has 0 saturated carbocycles. The van der Waals surface area contributed by atoms with Crippen LogP contribution < -0.4 is 5.32 Å². The number of benzene rings is 2. The number of aliphatic hydroxyl groups excluding tert-OH is 1. The van der Waals surface area contributed by atoms with E-state index in [1.807, 2.05) is 18.2 Å². The third-order valence-electron chi connectivity index (χ3n) is 3.05. The van der Waals surface area contributed by atoms with Crippen molar-refractivity contribution in [1.82, 2.24) is 5.32 Å². The maximum Gasteiger partial charge on any atom is 0.0681 e. The molecule has 0 heterocycles. The van der Waals surface area contributed by atoms with Crippen LogP contribution in [0.25, 0.3) is 0 Å². The standard InChI is InChI=1S/C16H18BrNO/c1-12-7-14(5-6-16(12)17)10-18-9-13-3-2-4-15(8-13)11-19/h2-8,18-19H,9-11H2,1H3. The fraction of sp³-hybridized carbons (Fsp3) is 0.250. The van der Waals surface area contributed by atoms with Crippen molar-refractivity contribution in [3.05, 3.63) is 69.2 Å². The summed E-state index contributed by atoms with van der Waals surface area (Å²) in [5.74, 6) is 0. The van der Waals surface area contributed by atoms with Crippen LogP contribution >= 0.6 is 15.9 Å². The molecule has 0 saturated heterocycles. The predicted octanol–water partition coefficient (Wildman–Crippen LogP) is 3.54. The summed E-state index contributed by atoms with van der Waals surface area (Å²) < 4.78 is 1.15. The zero-order valence-corrected chi connectivity index (χ0v) is 12.6. The van der Waals surface area contributed by atoms with Gasteiger partial charge in [-0.2, -0.15) is 0 Å². The highest BCUT2D eigenvalue weighted by molar-refractivity contribution is 9.10. The molecule has 0 radical (unpaired) electrons. The number of hydrogen-bond acceptors (Lipinski definition) is 2. The first kappa shape index (κ1) is 14.3. The highest BCUT2D eigenvalue weighted by Gasteiger charge is 1.98. The zero-order chi connectivity index (χ0) is 13.7. The summed E-state index contributed by atoms with van der Waals surface area (Å²) in [7, 11) is 0. The number of rotatable bonds is 5. The average Bonchev–Trinajstić information content (AvgIpc) is 2.43. The van der Waals surface area contributed by atoms with Gasteiger partial charge < -0.3 is 10.4 Å². The van der Waals surface area contributed by atoms with Gasteiger partial charge in [0.05, 0.1) is 6.61 Å². The maximum atomic E-state index is 9.10. The van der Waals surface area contributed by atoms with Crippen molar-refractivity contribution in [3.8, 4) is 0 Å². The fourth-order valence-electron chi connectivity index (χ4n) is 2.01. The molecule has 0 amide bonds. The SMILES string of the molecule is Cc1cc(CNCc2cccc(CO)c2)ccc1Br. The summed E-state index contributed by atoms with van der Waals surface area (Å²) in [5, 5.41) is 12.5. The number of halogens is 1. The minimum absolute atomic E-state index is 0.0970. The molecular formula is C16H18BrNO. The van der Waals surface area contributed by atoms with Gasteiger partial charge in [0.25, 0.3) is 0 Å². The van der Waals surface area contributed by atoms with Gasteiger partial charge in [-0.25, -0.2) is 0 Å². The number of aliphatic hydroxyl groups is 1. The van der Waals surface area contributed by atoms with Gasteiger partial charge in [0, 0.05) is 17.6 Å². The summed E-state index contributed by atoms with van der Waals surface area (Å²) in [5.41, 5.74) is 4.68. The molecule has 0 atom stereocenters. The molecule has 19 heavy (non-hydrogen) atoms. The molecule has 0 aromatic heterocycles. The van der Waals surface area contributed by atoms with Crippen LogP contribution in [0.5, 0.6) is 0 Å². The van der Waals surface area contributed by atoms with Gasteiger partial charge in [0.1, 0.15) is 0 Å². The van der Waals surface area contributed by atoms with E-state index in [2.05, 4.69) is 52.4 Å². The molecule has 0 aliphatic rings. The quantitative estimate of drug-likeness (QED) is 0.883. The second kappa shape index (κ2) is 6.85. The van der Waals surface area contributed by atoms with Crippen molar-refractivity contribution in [1.29, 1.82) is 0 Å². The largest absolute Gasteiger partial charge is 0.392 e. The smallest absolute Gasteiger partial charge is 0.0681 e. The minimum Gasteiger partial charge on any atom is -0.392 e. The molecule has 100 valence electrons. The van der Waals surface area contributed by atoms with E-state index in [1.165, 1.54) is 16.7 Å². The highest BCUT2D eigenvalue weighted by atomic mass is 79.9. The molecule has 0 unspecified atom stereocenters. The van der Waals surface area contributed by atoms with Gasteiger partial charge in [-0.05, 0) is 35.2 Å². The average molecular weight is 320 g/mol. The zero-order valence-electron chi connectivity index (χ0n) is 11.0. The van der Waals surface area contributed by atoms with Crippen molar-refractivity contribution >= 4 is 15.9 Å². The number of aryl methyl sites for hydroxylation is 1. The number of nitrogens with one attached hydrogen (secondary N) is 1. The van der Waals surface area contributed by atoms with Gasteiger partial charge in [-0.3, -0.25) is 0 Å². The lowest BCUT2D eigenvalue weighted by molar-refractivity contribution is 0.281. The van der Waals surface area contributed by atoms with E-state index >= 15 is 0 Å². The topological polar surface area (TPSA) is 32.3 Å². The van der Waals surface area contributed by atoms with E-state index in [-0.39, 0.29) is 6.61 Å². The lowest BCUT2D eigenvalue weighted by atomic mass is 10.1. The molecule has 2 nitrogen and oxygen atoms in total. The molecule has 0 fully saturated rings. The second-order valence-electron chi connectivity index (χ2n) is 4.67. The van der Waals surface area contributed by atoms with Gasteiger partial charge in [-0.1, -0.05) is 52.3 Å². The molecule has 3 heteroatoms. The number of hydrogen-bond donors (Lipinski definition) is 2. The normalized spacial score (nSPS) is 10.7. The third kappa shape index (κ3) is 4.16. The molecular weight excluding hydrogens is 302 g/mol. The van der Waals surface area contributed by atoms with Gasteiger partial charge in [0.2, 0.25) is 0 Å². The van der Waals surface area contributed by atoms with E-state index in [4.69, 9.17) is 5.11 Å². The molecule has 0 bridgehead atoms. The Bertz CT molecular complexity index is 554. The van der Waals surface area contributed by atoms with Gasteiger partial charge in [-0.15, -0.1) is 0 Å². The fourth-order valence-corrected chi connectivity index (χ4v) is 2.25. The van der Waals surface area contributed by atoms with Gasteiger partial charge in [0.15, 0.2) is 0 Å². The van der Waals surface area contributed by atoms with E-state index in [1.54, 1.807) is 0 Å². The summed E-state index contributed by atoms with van der Waals surface area (Å²) >= 11 is 3.51. The van der Waals surface area contributed by atoms with Crippen molar-refractivity contribution in [2.45, 2.75) is 26.6 Å². The Balaban J connectivity index is 1.90. The van der Waals surface area contributed by atoms with E-state index < -0.39 is 0 Å². The van der Waals surface area contributed by atoms with Crippen LogP contribution in [0.1, 0.15) is 22.3 Å². The van der Waals surface area contributed by atoms with Crippen LogP contribution in [0.15, 0.2) is 46.9 Å². The minimum atomic E-state index is 0.0970. The molecule has 2 aromatic carbocycles. The van der Waals surface area contributed by atoms with E-state index in [9.17, 15) is 0 Å². The Morgan fingerprint density at radius 2 is 1.68 bits per heavy atom. The highest BCUT2D eigenvalue weighted by Crippen LogP contribution is 2.17. The van der Waals surface area contributed by atoms with Crippen LogP contribution in [0, 0.1) is 6.92 Å². The van der Waals surface area contributed by atoms with Gasteiger partial charge >= 0.3 is 0 Å². The van der Waals surface area contributed by atoms with E-state index in [0.717, 1.165) is 23.1 Å². The van der Waals surface area contributed by atoms with Crippen LogP contribution in [0.3, 0.4) is 0 Å². The summed E-state index contributed by atoms with van der Waals surface area (Å²) in [6.45, 7) is 3.85. The van der Waals surface area contributed by atoms with Crippen molar-refractivity contribution in [3.63, 3.8) is 0 Å². The summed E-state index contributed by atoms with van der Waals surface area (Å²) in [4.78, 5) is 0. The maximum absolute atomic E-state index is 9.10. The van der Waals surface area contributed by atoms with Crippen molar-refractivity contribution in [2.24, 2.45) is 0 Å². The van der Waals surface area contributed by atoms with Crippen molar-refractivity contribution < 1.29 is 5.11 Å². The van der Waals surface area contributed by atoms with Crippen molar-refractivity contribution in [2.75, 3.05) is 0 Å². The van der Waals surface area contributed by atoms with Crippen LogP contribution in [0.4, 0.5) is 0 Å². The van der Waals surface area contributed by atoms with Crippen LogP contribution in [-0.2, 0) is 19.7 Å². The summed E-state index contributed by atoms with van der Waals surface area (Å²) in [6, 6.07) is 14.4. The molecule has 2 N–H and O–H groups in total. The lowest BCUT2D eigenvalue weighted by Gasteiger charge is -2.08. The second-order valence-corrected chi connectivity index (χ2v) is 5.52. The Kier molecular flexibility index (Phi) is 5.14. The Morgan fingerprint density at radius 3 is 2.37 bits per heavy atom. The first-order valence-corrected chi connectivity index (χ1v) is 7.13. The molecule has 0 spiro atoms. The van der Waals surface area contributed by atoms with E-state index in [0.29, 0.717) is 0 Å². The van der Waals surface area contributed by atoms with Crippen LogP contribution in [-0.4, -0.2) is 5.11 Å². The molecule has 0 aliphatic heterocycles. The monoisotopic (exact) mass is 319 g/mol. The molecule has 0 aliphatic carbocycles. The van der Waals surface area contributed by atoms with Crippen LogP contribution in [0.2, 0.25) is 0 Å². The molecule has 2 aromatic rings. The predicted molar refractivity (Wildman–Crippen MR) is 81.8 cm³/mol. The Labute approximate surface area is 122 Å². The Hall–Kier alpha value is -1.16. The first-order valence-electron chi connectivity index (χ1n) is 6.33. The first-order chi connectivity index (χ1) is 9.19.